The van der Waals surface area contributed by atoms with Gasteiger partial charge in [-0.2, -0.15) is 5.10 Å². The molecule has 0 aromatic carbocycles. The minimum absolute atomic E-state index is 0.237. The topological polar surface area (TPSA) is 50.1 Å². The van der Waals surface area contributed by atoms with E-state index in [1.807, 2.05) is 17.8 Å². The molecule has 0 saturated heterocycles. The minimum atomic E-state index is 0.237. The van der Waals surface area contributed by atoms with E-state index in [-0.39, 0.29) is 6.61 Å². The first-order chi connectivity index (χ1) is 7.15. The summed E-state index contributed by atoms with van der Waals surface area (Å²) in [5, 5.41) is 16.5. The first-order valence-corrected chi connectivity index (χ1v) is 5.46. The standard InChI is InChI=1S/C11H21N3O/c1-9(2)11(5-7-15)12-8-10-4-6-13-14(10)3/h4,6,9,11-12,15H,5,7-8H2,1-3H3. The minimum Gasteiger partial charge on any atom is -0.396 e. The molecule has 15 heavy (non-hydrogen) atoms. The lowest BCUT2D eigenvalue weighted by atomic mass is 10.0. The third-order valence-electron chi connectivity index (χ3n) is 2.71. The monoisotopic (exact) mass is 211 g/mol. The van der Waals surface area contributed by atoms with Crippen LogP contribution >= 0.6 is 0 Å². The zero-order valence-corrected chi connectivity index (χ0v) is 9.77. The van der Waals surface area contributed by atoms with Crippen molar-refractivity contribution >= 4 is 0 Å². The van der Waals surface area contributed by atoms with Crippen LogP contribution in [-0.4, -0.2) is 27.5 Å². The molecule has 0 aliphatic heterocycles. The Morgan fingerprint density at radius 3 is 2.73 bits per heavy atom. The zero-order chi connectivity index (χ0) is 11.3. The summed E-state index contributed by atoms with van der Waals surface area (Å²) in [5.41, 5.74) is 1.17. The number of aliphatic hydroxyl groups is 1. The van der Waals surface area contributed by atoms with Gasteiger partial charge in [-0.1, -0.05) is 13.8 Å². The molecule has 1 atom stereocenters. The molecule has 0 fully saturated rings. The third kappa shape index (κ3) is 3.64. The molecule has 0 saturated carbocycles. The molecular weight excluding hydrogens is 190 g/mol. The van der Waals surface area contributed by atoms with E-state index in [0.29, 0.717) is 12.0 Å². The molecule has 0 radical (unpaired) electrons. The van der Waals surface area contributed by atoms with E-state index in [1.165, 1.54) is 5.69 Å². The molecule has 1 rings (SSSR count). The Bertz CT molecular complexity index is 283. The molecule has 4 nitrogen and oxygen atoms in total. The number of aliphatic hydroxyl groups excluding tert-OH is 1. The summed E-state index contributed by atoms with van der Waals surface area (Å²) in [6, 6.07) is 2.37. The van der Waals surface area contributed by atoms with Crippen molar-refractivity contribution in [3.05, 3.63) is 18.0 Å². The van der Waals surface area contributed by atoms with E-state index in [9.17, 15) is 0 Å². The second-order valence-electron chi connectivity index (χ2n) is 4.19. The summed E-state index contributed by atoms with van der Waals surface area (Å²) in [4.78, 5) is 0. The van der Waals surface area contributed by atoms with Gasteiger partial charge in [0, 0.05) is 32.4 Å². The van der Waals surface area contributed by atoms with Crippen LogP contribution in [0.3, 0.4) is 0 Å². The second-order valence-corrected chi connectivity index (χ2v) is 4.19. The molecule has 1 aromatic rings. The number of nitrogens with one attached hydrogen (secondary N) is 1. The first-order valence-electron chi connectivity index (χ1n) is 5.46. The molecule has 0 aliphatic carbocycles. The molecule has 2 N–H and O–H groups in total. The lowest BCUT2D eigenvalue weighted by Gasteiger charge is -2.21. The Kier molecular flexibility index (Phi) is 4.78. The Morgan fingerprint density at radius 1 is 1.53 bits per heavy atom. The summed E-state index contributed by atoms with van der Waals surface area (Å²) < 4.78 is 1.86. The van der Waals surface area contributed by atoms with E-state index >= 15 is 0 Å². The van der Waals surface area contributed by atoms with Gasteiger partial charge >= 0.3 is 0 Å². The summed E-state index contributed by atoms with van der Waals surface area (Å²) in [6.45, 7) is 5.37. The van der Waals surface area contributed by atoms with Gasteiger partial charge in [0.05, 0.1) is 5.69 Å². The maximum atomic E-state index is 8.94. The lowest BCUT2D eigenvalue weighted by molar-refractivity contribution is 0.243. The van der Waals surface area contributed by atoms with Crippen LogP contribution < -0.4 is 5.32 Å². The van der Waals surface area contributed by atoms with Crippen molar-refractivity contribution in [3.8, 4) is 0 Å². The summed E-state index contributed by atoms with van der Waals surface area (Å²) in [6.07, 6.45) is 2.60. The van der Waals surface area contributed by atoms with E-state index in [4.69, 9.17) is 5.11 Å². The van der Waals surface area contributed by atoms with Crippen LogP contribution in [-0.2, 0) is 13.6 Å². The van der Waals surface area contributed by atoms with Gasteiger partial charge in [0.25, 0.3) is 0 Å². The van der Waals surface area contributed by atoms with Gasteiger partial charge in [-0.25, -0.2) is 0 Å². The van der Waals surface area contributed by atoms with E-state index < -0.39 is 0 Å². The van der Waals surface area contributed by atoms with Gasteiger partial charge in [0.1, 0.15) is 0 Å². The summed E-state index contributed by atoms with van der Waals surface area (Å²) in [5.74, 6) is 0.533. The molecule has 1 heterocycles. The highest BCUT2D eigenvalue weighted by atomic mass is 16.3. The van der Waals surface area contributed by atoms with Crippen molar-refractivity contribution in [2.45, 2.75) is 32.9 Å². The average Bonchev–Trinajstić information content (AvgIpc) is 2.58. The first kappa shape index (κ1) is 12.2. The molecule has 0 bridgehead atoms. The van der Waals surface area contributed by atoms with Gasteiger partial charge in [-0.3, -0.25) is 4.68 Å². The van der Waals surface area contributed by atoms with Crippen LogP contribution in [0.2, 0.25) is 0 Å². The van der Waals surface area contributed by atoms with Gasteiger partial charge in [0.15, 0.2) is 0 Å². The number of nitrogens with zero attached hydrogens (tertiary/aromatic N) is 2. The Morgan fingerprint density at radius 2 is 2.27 bits per heavy atom. The summed E-state index contributed by atoms with van der Waals surface area (Å²) in [7, 11) is 1.94. The van der Waals surface area contributed by atoms with Crippen molar-refractivity contribution in [1.29, 1.82) is 0 Å². The molecule has 0 spiro atoms. The van der Waals surface area contributed by atoms with Crippen molar-refractivity contribution in [1.82, 2.24) is 15.1 Å². The molecule has 1 unspecified atom stereocenters. The molecule has 86 valence electrons. The largest absolute Gasteiger partial charge is 0.396 e. The van der Waals surface area contributed by atoms with Gasteiger partial charge in [0.2, 0.25) is 0 Å². The zero-order valence-electron chi connectivity index (χ0n) is 9.77. The fraction of sp³-hybridized carbons (Fsp3) is 0.727. The molecule has 0 amide bonds. The average molecular weight is 211 g/mol. The molecule has 4 heteroatoms. The molecule has 1 aromatic heterocycles. The van der Waals surface area contributed by atoms with Gasteiger partial charge < -0.3 is 10.4 Å². The van der Waals surface area contributed by atoms with Crippen molar-refractivity contribution in [2.75, 3.05) is 6.61 Å². The highest BCUT2D eigenvalue weighted by molar-refractivity contribution is 4.99. The van der Waals surface area contributed by atoms with Crippen LogP contribution in [0, 0.1) is 5.92 Å². The van der Waals surface area contributed by atoms with Crippen LogP contribution in [0.15, 0.2) is 12.3 Å². The van der Waals surface area contributed by atoms with E-state index in [2.05, 4.69) is 24.3 Å². The molecule has 0 aliphatic rings. The Labute approximate surface area is 91.3 Å². The maximum absolute atomic E-state index is 8.94. The quantitative estimate of drug-likeness (QED) is 0.735. The SMILES string of the molecule is CC(C)C(CCO)NCc1ccnn1C. The number of hydrogen-bond acceptors (Lipinski definition) is 3. The van der Waals surface area contributed by atoms with Crippen molar-refractivity contribution < 1.29 is 5.11 Å². The summed E-state index contributed by atoms with van der Waals surface area (Å²) >= 11 is 0. The highest BCUT2D eigenvalue weighted by Crippen LogP contribution is 2.07. The van der Waals surface area contributed by atoms with E-state index in [0.717, 1.165) is 13.0 Å². The number of aryl methyl sites for hydroxylation is 1. The maximum Gasteiger partial charge on any atom is 0.0518 e. The fourth-order valence-electron chi connectivity index (χ4n) is 1.62. The van der Waals surface area contributed by atoms with Crippen LogP contribution in [0.25, 0.3) is 0 Å². The fourth-order valence-corrected chi connectivity index (χ4v) is 1.62. The van der Waals surface area contributed by atoms with Crippen molar-refractivity contribution in [2.24, 2.45) is 13.0 Å². The van der Waals surface area contributed by atoms with Crippen LogP contribution in [0.4, 0.5) is 0 Å². The molecular formula is C11H21N3O. The number of rotatable bonds is 6. The van der Waals surface area contributed by atoms with Crippen molar-refractivity contribution in [3.63, 3.8) is 0 Å². The van der Waals surface area contributed by atoms with Crippen LogP contribution in [0.5, 0.6) is 0 Å². The predicted octanol–water partition coefficient (Wildman–Crippen LogP) is 0.917. The predicted molar refractivity (Wildman–Crippen MR) is 60.4 cm³/mol. The Balaban J connectivity index is 2.43. The normalized spacial score (nSPS) is 13.4. The lowest BCUT2D eigenvalue weighted by Crippen LogP contribution is -2.34. The second kappa shape index (κ2) is 5.88. The van der Waals surface area contributed by atoms with Gasteiger partial charge in [-0.05, 0) is 18.4 Å². The van der Waals surface area contributed by atoms with Crippen LogP contribution in [0.1, 0.15) is 26.0 Å². The smallest absolute Gasteiger partial charge is 0.0518 e. The number of hydrogen-bond donors (Lipinski definition) is 2. The highest BCUT2D eigenvalue weighted by Gasteiger charge is 2.12. The van der Waals surface area contributed by atoms with E-state index in [1.54, 1.807) is 6.20 Å². The Hall–Kier alpha value is -0.870. The van der Waals surface area contributed by atoms with Gasteiger partial charge in [-0.15, -0.1) is 0 Å². The third-order valence-corrected chi connectivity index (χ3v) is 2.71. The number of aromatic nitrogens is 2.